The first-order valence-corrected chi connectivity index (χ1v) is 10.3. The molecule has 0 radical (unpaired) electrons. The van der Waals surface area contributed by atoms with Crippen molar-refractivity contribution in [1.82, 2.24) is 9.62 Å². The van der Waals surface area contributed by atoms with Crippen LogP contribution in [0.2, 0.25) is 0 Å². The van der Waals surface area contributed by atoms with Gasteiger partial charge in [-0.05, 0) is 51.7 Å². The fraction of sp³-hybridized carbons (Fsp3) is 0.556. The molecule has 26 heavy (non-hydrogen) atoms. The summed E-state index contributed by atoms with van der Waals surface area (Å²) in [7, 11) is -3.78. The van der Waals surface area contributed by atoms with E-state index in [9.17, 15) is 18.0 Å². The smallest absolute Gasteiger partial charge is 0.325 e. The molecule has 1 heterocycles. The molecule has 0 spiro atoms. The summed E-state index contributed by atoms with van der Waals surface area (Å²) in [5, 5.41) is 2.77. The molecule has 142 valence electrons. The van der Waals surface area contributed by atoms with Gasteiger partial charge in [-0.3, -0.25) is 9.59 Å². The van der Waals surface area contributed by atoms with Crippen molar-refractivity contribution in [2.45, 2.75) is 62.6 Å². The van der Waals surface area contributed by atoms with Crippen molar-refractivity contribution in [3.63, 3.8) is 0 Å². The zero-order valence-corrected chi connectivity index (χ0v) is 15.8. The quantitative estimate of drug-likeness (QED) is 0.752. The Bertz CT molecular complexity index is 786. The fourth-order valence-electron chi connectivity index (χ4n) is 2.96. The summed E-state index contributed by atoms with van der Waals surface area (Å²) < 4.78 is 32.2. The van der Waals surface area contributed by atoms with E-state index in [1.54, 1.807) is 12.1 Å². The van der Waals surface area contributed by atoms with Crippen molar-refractivity contribution in [3.8, 4) is 0 Å². The summed E-state index contributed by atoms with van der Waals surface area (Å²) in [5.74, 6) is -1.01. The van der Waals surface area contributed by atoms with Gasteiger partial charge in [0.1, 0.15) is 6.04 Å². The van der Waals surface area contributed by atoms with Gasteiger partial charge in [-0.15, -0.1) is 0 Å². The Hall–Kier alpha value is -1.93. The predicted molar refractivity (Wildman–Crippen MR) is 94.8 cm³/mol. The molecule has 1 aromatic rings. The van der Waals surface area contributed by atoms with Crippen LogP contribution >= 0.6 is 0 Å². The van der Waals surface area contributed by atoms with Crippen LogP contribution in [0.1, 0.15) is 38.2 Å². The molecule has 1 aromatic carbocycles. The summed E-state index contributed by atoms with van der Waals surface area (Å²) in [6.45, 7) is 3.64. The third-order valence-electron chi connectivity index (χ3n) is 4.69. The highest BCUT2D eigenvalue weighted by Crippen LogP contribution is 2.27. The van der Waals surface area contributed by atoms with Crippen LogP contribution < -0.4 is 5.32 Å². The molecule has 1 saturated carbocycles. The van der Waals surface area contributed by atoms with Gasteiger partial charge in [-0.1, -0.05) is 17.7 Å². The van der Waals surface area contributed by atoms with E-state index in [2.05, 4.69) is 5.32 Å². The number of hydrogen-bond donors (Lipinski definition) is 1. The van der Waals surface area contributed by atoms with Crippen molar-refractivity contribution in [2.75, 3.05) is 6.54 Å². The maximum Gasteiger partial charge on any atom is 0.325 e. The first kappa shape index (κ1) is 18.8. The summed E-state index contributed by atoms with van der Waals surface area (Å²) in [6, 6.07) is 5.81. The van der Waals surface area contributed by atoms with Crippen LogP contribution in [0.5, 0.6) is 0 Å². The molecule has 3 rings (SSSR count). The number of nitrogens with zero attached hydrogens (tertiary/aromatic N) is 1. The van der Waals surface area contributed by atoms with E-state index in [1.807, 2.05) is 6.92 Å². The lowest BCUT2D eigenvalue weighted by molar-refractivity contribution is -0.157. The highest BCUT2D eigenvalue weighted by molar-refractivity contribution is 7.89. The minimum atomic E-state index is -3.78. The minimum Gasteiger partial charge on any atom is -0.451 e. The molecule has 2 fully saturated rings. The molecule has 1 amide bonds. The Labute approximate surface area is 153 Å². The molecule has 1 aliphatic carbocycles. The van der Waals surface area contributed by atoms with Crippen LogP contribution in [0.3, 0.4) is 0 Å². The Morgan fingerprint density at radius 2 is 1.85 bits per heavy atom. The third kappa shape index (κ3) is 4.07. The molecule has 0 unspecified atom stereocenters. The Morgan fingerprint density at radius 1 is 1.19 bits per heavy atom. The zero-order chi connectivity index (χ0) is 18.9. The summed E-state index contributed by atoms with van der Waals surface area (Å²) in [4.78, 5) is 24.6. The molecule has 2 atom stereocenters. The highest BCUT2D eigenvalue weighted by atomic mass is 32.2. The fourth-order valence-corrected chi connectivity index (χ4v) is 4.61. The number of carbonyl (C=O) groups is 2. The summed E-state index contributed by atoms with van der Waals surface area (Å²) >= 11 is 0. The average Bonchev–Trinajstić information content (AvgIpc) is 3.25. The average molecular weight is 380 g/mol. The number of benzene rings is 1. The number of hydrogen-bond acceptors (Lipinski definition) is 5. The first-order valence-electron chi connectivity index (χ1n) is 8.88. The van der Waals surface area contributed by atoms with Crippen LogP contribution in [-0.4, -0.2) is 49.3 Å². The van der Waals surface area contributed by atoms with Gasteiger partial charge in [0.25, 0.3) is 5.91 Å². The number of aryl methyl sites for hydroxylation is 1. The number of sulfonamides is 1. The number of esters is 1. The second-order valence-corrected chi connectivity index (χ2v) is 8.84. The lowest BCUT2D eigenvalue weighted by Crippen LogP contribution is -2.44. The number of nitrogens with one attached hydrogen (secondary N) is 1. The zero-order valence-electron chi connectivity index (χ0n) is 15.0. The van der Waals surface area contributed by atoms with Crippen molar-refractivity contribution < 1.29 is 22.7 Å². The predicted octanol–water partition coefficient (Wildman–Crippen LogP) is 1.36. The maximum atomic E-state index is 12.9. The molecular formula is C18H24N2O5S. The molecular weight excluding hydrogens is 356 g/mol. The van der Waals surface area contributed by atoms with Gasteiger partial charge in [0.05, 0.1) is 4.90 Å². The second kappa shape index (κ2) is 7.36. The van der Waals surface area contributed by atoms with Crippen molar-refractivity contribution in [1.29, 1.82) is 0 Å². The van der Waals surface area contributed by atoms with E-state index in [0.717, 1.165) is 18.4 Å². The topological polar surface area (TPSA) is 92.8 Å². The number of carbonyl (C=O) groups excluding carboxylic acids is 2. The Kier molecular flexibility index (Phi) is 5.34. The van der Waals surface area contributed by atoms with Crippen molar-refractivity contribution >= 4 is 21.9 Å². The van der Waals surface area contributed by atoms with Crippen LogP contribution in [0.15, 0.2) is 29.2 Å². The van der Waals surface area contributed by atoms with Crippen LogP contribution in [-0.2, 0) is 24.3 Å². The van der Waals surface area contributed by atoms with Crippen molar-refractivity contribution in [3.05, 3.63) is 29.8 Å². The Morgan fingerprint density at radius 3 is 2.46 bits per heavy atom. The lowest BCUT2D eigenvalue weighted by Gasteiger charge is -2.24. The van der Waals surface area contributed by atoms with Gasteiger partial charge in [0.2, 0.25) is 10.0 Å². The molecule has 0 aromatic heterocycles. The number of amides is 1. The Balaban J connectivity index is 1.69. The summed E-state index contributed by atoms with van der Waals surface area (Å²) in [6.07, 6.45) is 1.91. The normalized spacial score (nSPS) is 22.0. The van der Waals surface area contributed by atoms with Gasteiger partial charge < -0.3 is 10.1 Å². The maximum absolute atomic E-state index is 12.9. The van der Waals surface area contributed by atoms with Crippen molar-refractivity contribution in [2.24, 2.45) is 0 Å². The largest absolute Gasteiger partial charge is 0.451 e. The van der Waals surface area contributed by atoms with Gasteiger partial charge in [-0.2, -0.15) is 4.31 Å². The summed E-state index contributed by atoms with van der Waals surface area (Å²) in [5.41, 5.74) is 0.955. The van der Waals surface area contributed by atoms with Crippen LogP contribution in [0.4, 0.5) is 0 Å². The molecule has 8 heteroatoms. The van der Waals surface area contributed by atoms with E-state index in [0.29, 0.717) is 12.8 Å². The number of rotatable bonds is 6. The van der Waals surface area contributed by atoms with Gasteiger partial charge in [-0.25, -0.2) is 8.42 Å². The molecule has 1 saturated heterocycles. The molecule has 7 nitrogen and oxygen atoms in total. The molecule has 0 bridgehead atoms. The number of ether oxygens (including phenoxy) is 1. The molecule has 1 N–H and O–H groups in total. The van der Waals surface area contributed by atoms with E-state index < -0.39 is 28.1 Å². The second-order valence-electron chi connectivity index (χ2n) is 6.95. The standard InChI is InChI=1S/C18H24N2O5S/c1-12-5-9-15(10-6-12)26(23,24)20-11-3-4-16(20)18(22)25-13(2)17(21)19-14-7-8-14/h5-6,9-10,13-14,16H,3-4,7-8,11H2,1-2H3,(H,19,21)/t13-,16+/m1/s1. The van der Waals surface area contributed by atoms with Crippen LogP contribution in [0, 0.1) is 6.92 Å². The van der Waals surface area contributed by atoms with E-state index in [1.165, 1.54) is 23.4 Å². The van der Waals surface area contributed by atoms with Gasteiger partial charge in [0.15, 0.2) is 6.10 Å². The minimum absolute atomic E-state index is 0.155. The third-order valence-corrected chi connectivity index (χ3v) is 6.61. The van der Waals surface area contributed by atoms with E-state index in [-0.39, 0.29) is 23.4 Å². The van der Waals surface area contributed by atoms with Gasteiger partial charge in [0, 0.05) is 12.6 Å². The van der Waals surface area contributed by atoms with Gasteiger partial charge >= 0.3 is 5.97 Å². The van der Waals surface area contributed by atoms with E-state index in [4.69, 9.17) is 4.74 Å². The van der Waals surface area contributed by atoms with E-state index >= 15 is 0 Å². The highest BCUT2D eigenvalue weighted by Gasteiger charge is 2.41. The lowest BCUT2D eigenvalue weighted by atomic mass is 10.2. The molecule has 2 aliphatic rings. The van der Waals surface area contributed by atoms with Crippen LogP contribution in [0.25, 0.3) is 0 Å². The molecule has 1 aliphatic heterocycles. The first-order chi connectivity index (χ1) is 12.3. The monoisotopic (exact) mass is 380 g/mol. The SMILES string of the molecule is Cc1ccc(S(=O)(=O)N2CCC[C@H]2C(=O)O[C@H](C)C(=O)NC2CC2)cc1.